The maximum atomic E-state index is 14.2. The predicted molar refractivity (Wildman–Crippen MR) is 180 cm³/mol. The number of aromatic nitrogens is 4. The molecule has 0 saturated heterocycles. The molecule has 5 aromatic carbocycles. The minimum Gasteiger partial charge on any atom is -0.307 e. The third-order valence-electron chi connectivity index (χ3n) is 8.94. The number of hydrogen-bond donors (Lipinski definition) is 0. The van der Waals surface area contributed by atoms with Gasteiger partial charge in [0.2, 0.25) is 0 Å². The first-order valence-corrected chi connectivity index (χ1v) is 15.5. The van der Waals surface area contributed by atoms with E-state index in [1.54, 1.807) is 89.7 Å². The average Bonchev–Trinajstić information content (AvgIpc) is 3.58. The topological polar surface area (TPSA) is 59.4 Å². The third kappa shape index (κ3) is 4.86. The molecule has 50 heavy (non-hydrogen) atoms. The second-order valence-electron chi connectivity index (χ2n) is 12.1. The highest BCUT2D eigenvalue weighted by atomic mass is 19.4. The minimum absolute atomic E-state index is 0.128. The van der Waals surface area contributed by atoms with Gasteiger partial charge in [0.25, 0.3) is 0 Å². The van der Waals surface area contributed by atoms with Gasteiger partial charge in [-0.1, -0.05) is 48.5 Å². The third-order valence-corrected chi connectivity index (χ3v) is 8.94. The van der Waals surface area contributed by atoms with Crippen LogP contribution >= 0.6 is 0 Å². The highest BCUT2D eigenvalue weighted by molar-refractivity contribution is 6.12. The molecule has 0 atom stereocenters. The molecule has 0 aliphatic rings. The predicted octanol–water partition coefficient (Wildman–Crippen LogP) is 10.9. The van der Waals surface area contributed by atoms with Gasteiger partial charge < -0.3 is 9.13 Å². The van der Waals surface area contributed by atoms with E-state index in [0.717, 1.165) is 24.3 Å². The highest BCUT2D eigenvalue weighted by Gasteiger charge is 2.33. The Kier molecular flexibility index (Phi) is 6.81. The van der Waals surface area contributed by atoms with Crippen LogP contribution in [0.25, 0.3) is 66.4 Å². The van der Waals surface area contributed by atoms with Crippen molar-refractivity contribution in [1.29, 1.82) is 5.26 Å². The molecule has 0 unspecified atom stereocenters. The number of para-hydroxylation sites is 2. The molecule has 8 aromatic rings. The molecule has 0 saturated carbocycles. The second-order valence-corrected chi connectivity index (χ2v) is 12.1. The number of rotatable bonds is 3. The molecule has 0 bridgehead atoms. The zero-order valence-corrected chi connectivity index (χ0v) is 26.3. The fourth-order valence-electron chi connectivity index (χ4n) is 6.87. The van der Waals surface area contributed by atoms with Crippen molar-refractivity contribution < 1.29 is 26.3 Å². The molecule has 0 fully saturated rings. The molecule has 0 N–H and O–H groups in total. The first-order valence-electron chi connectivity index (χ1n) is 15.5. The van der Waals surface area contributed by atoms with E-state index in [4.69, 9.17) is 0 Å². The maximum Gasteiger partial charge on any atom is 0.416 e. The molecule has 0 aliphatic heterocycles. The van der Waals surface area contributed by atoms with Gasteiger partial charge in [0.1, 0.15) is 0 Å². The van der Waals surface area contributed by atoms with E-state index < -0.39 is 23.5 Å². The number of benzene rings is 5. The molecule has 3 aromatic heterocycles. The summed E-state index contributed by atoms with van der Waals surface area (Å²) in [6.07, 6.45) is -9.30. The van der Waals surface area contributed by atoms with Crippen LogP contribution in [0.1, 0.15) is 28.1 Å². The van der Waals surface area contributed by atoms with Gasteiger partial charge in [-0.2, -0.15) is 31.6 Å². The van der Waals surface area contributed by atoms with E-state index in [0.29, 0.717) is 55.2 Å². The molecule has 8 rings (SSSR count). The standard InChI is InChI=1S/C39H23F6N5/c1-21-15-22(2)48-37(47-21)30-19-36(50-32-10-6-4-8-27(32)29-14-12-25(18-34(29)50)39(43,44)45)35(16-23(30)20-46)49-31-9-5-3-7-26(31)28-13-11-24(17-33(28)49)38(40,41)42/h3-19H,1-2H3. The number of nitriles is 1. The molecule has 0 amide bonds. The van der Waals surface area contributed by atoms with E-state index in [9.17, 15) is 31.6 Å². The van der Waals surface area contributed by atoms with Crippen molar-refractivity contribution in [3.05, 3.63) is 131 Å². The lowest BCUT2D eigenvalue weighted by Crippen LogP contribution is -2.08. The number of aryl methyl sites for hydroxylation is 2. The van der Waals surface area contributed by atoms with Crippen molar-refractivity contribution >= 4 is 43.6 Å². The van der Waals surface area contributed by atoms with Crippen LogP contribution in [0.15, 0.2) is 103 Å². The number of nitrogens with zero attached hydrogens (tertiary/aromatic N) is 5. The zero-order valence-electron chi connectivity index (χ0n) is 26.3. The maximum absolute atomic E-state index is 14.2. The van der Waals surface area contributed by atoms with E-state index >= 15 is 0 Å². The first kappa shape index (κ1) is 31.1. The number of halogens is 6. The summed E-state index contributed by atoms with van der Waals surface area (Å²) >= 11 is 0. The lowest BCUT2D eigenvalue weighted by molar-refractivity contribution is -0.138. The number of fused-ring (bicyclic) bond motifs is 6. The van der Waals surface area contributed by atoms with Crippen molar-refractivity contribution in [2.45, 2.75) is 26.2 Å². The van der Waals surface area contributed by atoms with Crippen molar-refractivity contribution in [1.82, 2.24) is 19.1 Å². The Morgan fingerprint density at radius 3 is 1.44 bits per heavy atom. The quantitative estimate of drug-likeness (QED) is 0.175. The van der Waals surface area contributed by atoms with Crippen LogP contribution in [0.4, 0.5) is 26.3 Å². The lowest BCUT2D eigenvalue weighted by atomic mass is 10.0. The average molecular weight is 676 g/mol. The highest BCUT2D eigenvalue weighted by Crippen LogP contribution is 2.43. The Bertz CT molecular complexity index is 2710. The Labute approximate surface area is 280 Å². The SMILES string of the molecule is Cc1cc(C)nc(-c2cc(-n3c4ccccc4c4ccc(C(F)(F)F)cc43)c(-n3c4ccccc4c4ccc(C(F)(F)F)cc43)cc2C#N)n1. The molecular formula is C39H23F6N5. The summed E-state index contributed by atoms with van der Waals surface area (Å²) in [4.78, 5) is 9.17. The van der Waals surface area contributed by atoms with Crippen LogP contribution in [0.2, 0.25) is 0 Å². The van der Waals surface area contributed by atoms with Crippen molar-refractivity contribution in [2.24, 2.45) is 0 Å². The van der Waals surface area contributed by atoms with Gasteiger partial charge in [-0.25, -0.2) is 9.97 Å². The van der Waals surface area contributed by atoms with Crippen molar-refractivity contribution in [3.63, 3.8) is 0 Å². The summed E-state index contributed by atoms with van der Waals surface area (Å²) in [6.45, 7) is 3.56. The fraction of sp³-hybridized carbons (Fsp3) is 0.103. The van der Waals surface area contributed by atoms with E-state index in [-0.39, 0.29) is 28.1 Å². The zero-order chi connectivity index (χ0) is 35.1. The summed E-state index contributed by atoms with van der Waals surface area (Å²) in [6, 6.07) is 28.4. The minimum atomic E-state index is -4.65. The Balaban J connectivity index is 1.59. The number of hydrogen-bond acceptors (Lipinski definition) is 3. The molecule has 0 spiro atoms. The fourth-order valence-corrected chi connectivity index (χ4v) is 6.87. The van der Waals surface area contributed by atoms with E-state index in [2.05, 4.69) is 16.0 Å². The normalized spacial score (nSPS) is 12.4. The molecule has 3 heterocycles. The van der Waals surface area contributed by atoms with Gasteiger partial charge in [-0.15, -0.1) is 0 Å². The Morgan fingerprint density at radius 1 is 0.540 bits per heavy atom. The van der Waals surface area contributed by atoms with Crippen LogP contribution in [0.3, 0.4) is 0 Å². The lowest BCUT2D eigenvalue weighted by Gasteiger charge is -2.20. The van der Waals surface area contributed by atoms with Crippen molar-refractivity contribution in [3.8, 4) is 28.8 Å². The Morgan fingerprint density at radius 2 is 0.980 bits per heavy atom. The summed E-state index contributed by atoms with van der Waals surface area (Å²) in [7, 11) is 0. The monoisotopic (exact) mass is 675 g/mol. The van der Waals surface area contributed by atoms with Gasteiger partial charge >= 0.3 is 12.4 Å². The van der Waals surface area contributed by atoms with Crippen molar-refractivity contribution in [2.75, 3.05) is 0 Å². The molecule has 246 valence electrons. The largest absolute Gasteiger partial charge is 0.416 e. The van der Waals surface area contributed by atoms with E-state index in [1.165, 1.54) is 12.1 Å². The second kappa shape index (κ2) is 10.9. The summed E-state index contributed by atoms with van der Waals surface area (Å²) in [5, 5.41) is 12.9. The van der Waals surface area contributed by atoms with Crippen LogP contribution in [-0.2, 0) is 12.4 Å². The van der Waals surface area contributed by atoms with Gasteiger partial charge in [0.15, 0.2) is 5.82 Å². The van der Waals surface area contributed by atoms with Gasteiger partial charge in [0.05, 0.1) is 56.2 Å². The molecule has 0 aliphatic carbocycles. The Hall–Kier alpha value is -6.15. The van der Waals surface area contributed by atoms with Crippen LogP contribution < -0.4 is 0 Å². The summed E-state index contributed by atoms with van der Waals surface area (Å²) in [5.41, 5.74) is 2.08. The molecular weight excluding hydrogens is 652 g/mol. The molecule has 11 heteroatoms. The first-order chi connectivity index (χ1) is 23.8. The molecule has 0 radical (unpaired) electrons. The van der Waals surface area contributed by atoms with Gasteiger partial charge in [-0.05, 0) is 68.4 Å². The van der Waals surface area contributed by atoms with Gasteiger partial charge in [-0.3, -0.25) is 0 Å². The van der Waals surface area contributed by atoms with Gasteiger partial charge in [0, 0.05) is 38.5 Å². The van der Waals surface area contributed by atoms with E-state index in [1.807, 2.05) is 0 Å². The molecule has 5 nitrogen and oxygen atoms in total. The summed E-state index contributed by atoms with van der Waals surface area (Å²) in [5.74, 6) is 0.227. The van der Waals surface area contributed by atoms with Crippen LogP contribution in [-0.4, -0.2) is 19.1 Å². The summed E-state index contributed by atoms with van der Waals surface area (Å²) < 4.78 is 88.3. The number of alkyl halides is 6. The van der Waals surface area contributed by atoms with Crippen LogP contribution in [0, 0.1) is 25.2 Å². The van der Waals surface area contributed by atoms with Crippen LogP contribution in [0.5, 0.6) is 0 Å². The smallest absolute Gasteiger partial charge is 0.307 e.